The van der Waals surface area contributed by atoms with Crippen molar-refractivity contribution >= 4 is 5.91 Å². The van der Waals surface area contributed by atoms with Crippen LogP contribution in [0.3, 0.4) is 0 Å². The number of methoxy groups -OCH3 is 1. The van der Waals surface area contributed by atoms with Crippen molar-refractivity contribution < 1.29 is 13.9 Å². The molecule has 0 unspecified atom stereocenters. The number of rotatable bonds is 5. The van der Waals surface area contributed by atoms with E-state index in [1.165, 1.54) is 6.07 Å². The van der Waals surface area contributed by atoms with E-state index in [2.05, 4.69) is 5.32 Å². The topological polar surface area (TPSA) is 64.3 Å². The molecule has 4 nitrogen and oxygen atoms in total. The molecule has 98 valence electrons. The summed E-state index contributed by atoms with van der Waals surface area (Å²) < 4.78 is 18.8. The molecule has 18 heavy (non-hydrogen) atoms. The van der Waals surface area contributed by atoms with Crippen molar-refractivity contribution in [2.75, 3.05) is 7.11 Å². The fraction of sp³-hybridized carbons (Fsp3) is 0.462. The Morgan fingerprint density at radius 3 is 2.83 bits per heavy atom. The molecule has 0 radical (unpaired) electrons. The fourth-order valence-corrected chi connectivity index (χ4v) is 2.02. The predicted molar refractivity (Wildman–Crippen MR) is 65.6 cm³/mol. The third-order valence-electron chi connectivity index (χ3n) is 3.35. The molecule has 1 aliphatic carbocycles. The van der Waals surface area contributed by atoms with Crippen LogP contribution in [0.15, 0.2) is 18.2 Å². The minimum absolute atomic E-state index is 0.194. The highest BCUT2D eigenvalue weighted by molar-refractivity contribution is 5.92. The van der Waals surface area contributed by atoms with E-state index >= 15 is 0 Å². The van der Waals surface area contributed by atoms with Gasteiger partial charge in [0.15, 0.2) is 0 Å². The van der Waals surface area contributed by atoms with Crippen molar-refractivity contribution in [2.24, 2.45) is 5.73 Å². The summed E-state index contributed by atoms with van der Waals surface area (Å²) in [4.78, 5) is 10.9. The summed E-state index contributed by atoms with van der Waals surface area (Å²) in [5.74, 6) is -1.02. The van der Waals surface area contributed by atoms with E-state index in [0.29, 0.717) is 24.3 Å². The SMILES string of the molecule is COC1CC(NCc2ccc(C(N)=O)cc2F)C1. The highest BCUT2D eigenvalue weighted by Crippen LogP contribution is 2.23. The van der Waals surface area contributed by atoms with Gasteiger partial charge in [-0.15, -0.1) is 0 Å². The van der Waals surface area contributed by atoms with Gasteiger partial charge in [0.1, 0.15) is 5.82 Å². The van der Waals surface area contributed by atoms with Gasteiger partial charge in [-0.05, 0) is 25.0 Å². The predicted octanol–water partition coefficient (Wildman–Crippen LogP) is 1.19. The number of amides is 1. The van der Waals surface area contributed by atoms with Gasteiger partial charge in [0, 0.05) is 30.8 Å². The Morgan fingerprint density at radius 2 is 2.28 bits per heavy atom. The van der Waals surface area contributed by atoms with Crippen LogP contribution in [0, 0.1) is 5.82 Å². The maximum Gasteiger partial charge on any atom is 0.248 e. The van der Waals surface area contributed by atoms with Crippen LogP contribution in [0.1, 0.15) is 28.8 Å². The molecule has 0 heterocycles. The monoisotopic (exact) mass is 252 g/mol. The van der Waals surface area contributed by atoms with Gasteiger partial charge in [-0.1, -0.05) is 6.07 Å². The molecule has 1 amide bonds. The third-order valence-corrected chi connectivity index (χ3v) is 3.35. The lowest BCUT2D eigenvalue weighted by atomic mass is 9.89. The Bertz CT molecular complexity index is 445. The quantitative estimate of drug-likeness (QED) is 0.827. The Hall–Kier alpha value is -1.46. The van der Waals surface area contributed by atoms with Gasteiger partial charge in [-0.2, -0.15) is 0 Å². The molecule has 0 aromatic heterocycles. The van der Waals surface area contributed by atoms with Crippen molar-refractivity contribution in [2.45, 2.75) is 31.5 Å². The zero-order chi connectivity index (χ0) is 13.1. The number of nitrogens with two attached hydrogens (primary N) is 1. The van der Waals surface area contributed by atoms with Crippen LogP contribution in [0.2, 0.25) is 0 Å². The first kappa shape index (κ1) is 13.0. The maximum absolute atomic E-state index is 13.7. The summed E-state index contributed by atoms with van der Waals surface area (Å²) >= 11 is 0. The largest absolute Gasteiger partial charge is 0.381 e. The van der Waals surface area contributed by atoms with Gasteiger partial charge >= 0.3 is 0 Å². The fourth-order valence-electron chi connectivity index (χ4n) is 2.02. The molecule has 0 atom stereocenters. The van der Waals surface area contributed by atoms with E-state index in [1.807, 2.05) is 0 Å². The minimum Gasteiger partial charge on any atom is -0.381 e. The van der Waals surface area contributed by atoms with Crippen LogP contribution in [0.4, 0.5) is 4.39 Å². The third kappa shape index (κ3) is 2.86. The zero-order valence-electron chi connectivity index (χ0n) is 10.3. The van der Waals surface area contributed by atoms with E-state index in [4.69, 9.17) is 10.5 Å². The lowest BCUT2D eigenvalue weighted by Gasteiger charge is -2.34. The molecule has 1 aliphatic rings. The van der Waals surface area contributed by atoms with Crippen LogP contribution in [-0.2, 0) is 11.3 Å². The average molecular weight is 252 g/mol. The van der Waals surface area contributed by atoms with Crippen LogP contribution in [0.25, 0.3) is 0 Å². The number of hydrogen-bond donors (Lipinski definition) is 2. The van der Waals surface area contributed by atoms with Crippen LogP contribution in [-0.4, -0.2) is 25.2 Å². The van der Waals surface area contributed by atoms with Crippen molar-refractivity contribution in [1.29, 1.82) is 0 Å². The lowest BCUT2D eigenvalue weighted by molar-refractivity contribution is 0.0169. The summed E-state index contributed by atoms with van der Waals surface area (Å²) in [5, 5.41) is 3.25. The second-order valence-corrected chi connectivity index (χ2v) is 4.58. The van der Waals surface area contributed by atoms with E-state index in [9.17, 15) is 9.18 Å². The molecule has 1 aromatic carbocycles. The molecule has 3 N–H and O–H groups in total. The molecule has 5 heteroatoms. The van der Waals surface area contributed by atoms with Gasteiger partial charge in [0.25, 0.3) is 0 Å². The number of primary amides is 1. The molecular formula is C13H17FN2O2. The van der Waals surface area contributed by atoms with Crippen LogP contribution in [0.5, 0.6) is 0 Å². The lowest BCUT2D eigenvalue weighted by Crippen LogP contribution is -2.44. The number of halogens is 1. The van der Waals surface area contributed by atoms with Crippen molar-refractivity contribution in [3.8, 4) is 0 Å². The summed E-state index contributed by atoms with van der Waals surface area (Å²) in [6.45, 7) is 0.450. The standard InChI is InChI=1S/C13H17FN2O2/c1-18-11-5-10(6-11)16-7-9-3-2-8(13(15)17)4-12(9)14/h2-4,10-11,16H,5-7H2,1H3,(H2,15,17). The number of ether oxygens (including phenoxy) is 1. The molecule has 1 fully saturated rings. The average Bonchev–Trinajstić information content (AvgIpc) is 2.28. The second-order valence-electron chi connectivity index (χ2n) is 4.58. The zero-order valence-corrected chi connectivity index (χ0v) is 10.3. The molecule has 0 aliphatic heterocycles. The van der Waals surface area contributed by atoms with Gasteiger partial charge in [-0.3, -0.25) is 4.79 Å². The van der Waals surface area contributed by atoms with E-state index in [-0.39, 0.29) is 5.56 Å². The summed E-state index contributed by atoms with van der Waals surface area (Å²) in [6.07, 6.45) is 2.24. The molecule has 0 spiro atoms. The van der Waals surface area contributed by atoms with Crippen molar-refractivity contribution in [1.82, 2.24) is 5.32 Å². The maximum atomic E-state index is 13.7. The van der Waals surface area contributed by atoms with E-state index in [0.717, 1.165) is 12.8 Å². The Labute approximate surface area is 105 Å². The Morgan fingerprint density at radius 1 is 1.56 bits per heavy atom. The van der Waals surface area contributed by atoms with Gasteiger partial charge in [-0.25, -0.2) is 4.39 Å². The number of benzene rings is 1. The Balaban J connectivity index is 1.88. The second kappa shape index (κ2) is 5.46. The number of hydrogen-bond acceptors (Lipinski definition) is 3. The minimum atomic E-state index is -0.615. The molecule has 0 saturated heterocycles. The van der Waals surface area contributed by atoms with Crippen molar-refractivity contribution in [3.63, 3.8) is 0 Å². The van der Waals surface area contributed by atoms with Crippen LogP contribution < -0.4 is 11.1 Å². The molecule has 0 bridgehead atoms. The first-order valence-corrected chi connectivity index (χ1v) is 5.94. The smallest absolute Gasteiger partial charge is 0.248 e. The van der Waals surface area contributed by atoms with Crippen LogP contribution >= 0.6 is 0 Å². The Kier molecular flexibility index (Phi) is 3.93. The van der Waals surface area contributed by atoms with E-state index in [1.54, 1.807) is 19.2 Å². The molecule has 1 aromatic rings. The summed E-state index contributed by atoms with van der Waals surface area (Å²) in [5.41, 5.74) is 5.82. The van der Waals surface area contributed by atoms with Crippen molar-refractivity contribution in [3.05, 3.63) is 35.1 Å². The number of nitrogens with one attached hydrogen (secondary N) is 1. The first-order valence-electron chi connectivity index (χ1n) is 5.94. The summed E-state index contributed by atoms with van der Waals surface area (Å²) in [7, 11) is 1.70. The van der Waals surface area contributed by atoms with E-state index < -0.39 is 11.7 Å². The van der Waals surface area contributed by atoms with Gasteiger partial charge < -0.3 is 15.8 Å². The summed E-state index contributed by atoms with van der Waals surface area (Å²) in [6, 6.07) is 4.69. The molecule has 2 rings (SSSR count). The number of carbonyl (C=O) groups excluding carboxylic acids is 1. The first-order chi connectivity index (χ1) is 8.60. The highest BCUT2D eigenvalue weighted by Gasteiger charge is 2.28. The van der Waals surface area contributed by atoms with Gasteiger partial charge in [0.05, 0.1) is 6.10 Å². The normalized spacial score (nSPS) is 22.6. The molecular weight excluding hydrogens is 235 g/mol. The van der Waals surface area contributed by atoms with Gasteiger partial charge in [0.2, 0.25) is 5.91 Å². The highest BCUT2D eigenvalue weighted by atomic mass is 19.1. The number of carbonyl (C=O) groups is 1. The molecule has 1 saturated carbocycles.